The molecule has 3 amide bonds. The summed E-state index contributed by atoms with van der Waals surface area (Å²) < 4.78 is 0. The maximum absolute atomic E-state index is 12.5. The first-order valence-electron chi connectivity index (χ1n) is 7.86. The van der Waals surface area contributed by atoms with E-state index in [0.717, 1.165) is 37.2 Å². The second-order valence-electron chi connectivity index (χ2n) is 5.85. The predicted octanol–water partition coefficient (Wildman–Crippen LogP) is 1.69. The third-order valence-corrected chi connectivity index (χ3v) is 4.58. The van der Waals surface area contributed by atoms with Gasteiger partial charge in [-0.1, -0.05) is 6.92 Å². The molecule has 22 heavy (non-hydrogen) atoms. The van der Waals surface area contributed by atoms with Gasteiger partial charge in [0.1, 0.15) is 0 Å². The molecule has 2 fully saturated rings. The van der Waals surface area contributed by atoms with Crippen LogP contribution in [0.2, 0.25) is 0 Å². The van der Waals surface area contributed by atoms with Crippen LogP contribution in [0.5, 0.6) is 0 Å². The lowest BCUT2D eigenvalue weighted by molar-refractivity contribution is -0.122. The van der Waals surface area contributed by atoms with Crippen LogP contribution in [-0.2, 0) is 4.79 Å². The average Bonchev–Trinajstić information content (AvgIpc) is 3.17. The Kier molecular flexibility index (Phi) is 4.02. The minimum atomic E-state index is -0.437. The maximum Gasteiger partial charge on any atom is 0.321 e. The molecule has 1 unspecified atom stereocenters. The molecule has 1 atom stereocenters. The molecule has 118 valence electrons. The summed E-state index contributed by atoms with van der Waals surface area (Å²) in [5.74, 6) is 0.0270. The summed E-state index contributed by atoms with van der Waals surface area (Å²) in [5.41, 5.74) is 1.17. The summed E-state index contributed by atoms with van der Waals surface area (Å²) in [6.07, 6.45) is 2.69. The van der Waals surface area contributed by atoms with E-state index in [4.69, 9.17) is 0 Å². The third kappa shape index (κ3) is 2.66. The summed E-state index contributed by atoms with van der Waals surface area (Å²) in [5, 5.41) is 9.09. The Labute approximate surface area is 130 Å². The lowest BCUT2D eigenvalue weighted by Crippen LogP contribution is -2.50. The molecule has 6 nitrogen and oxygen atoms in total. The Bertz CT molecular complexity index is 564. The summed E-state index contributed by atoms with van der Waals surface area (Å²) in [6.45, 7) is 4.27. The van der Waals surface area contributed by atoms with Crippen molar-refractivity contribution in [2.45, 2.75) is 31.7 Å². The Morgan fingerprint density at radius 2 is 2.09 bits per heavy atom. The van der Waals surface area contributed by atoms with Crippen LogP contribution in [0.1, 0.15) is 26.2 Å². The highest BCUT2D eigenvalue weighted by molar-refractivity contribution is 5.99. The van der Waals surface area contributed by atoms with Gasteiger partial charge in [-0.2, -0.15) is 0 Å². The van der Waals surface area contributed by atoms with Crippen molar-refractivity contribution in [3.63, 3.8) is 0 Å². The van der Waals surface area contributed by atoms with Crippen molar-refractivity contribution in [3.05, 3.63) is 24.3 Å². The van der Waals surface area contributed by atoms with Crippen molar-refractivity contribution in [2.75, 3.05) is 29.9 Å². The number of hydrogen-bond acceptors (Lipinski definition) is 3. The lowest BCUT2D eigenvalue weighted by Gasteiger charge is -2.26. The van der Waals surface area contributed by atoms with Crippen molar-refractivity contribution in [1.82, 2.24) is 10.6 Å². The summed E-state index contributed by atoms with van der Waals surface area (Å²) in [7, 11) is 0. The second-order valence-corrected chi connectivity index (χ2v) is 5.85. The molecule has 1 aromatic rings. The number of carbonyl (C=O) groups excluding carboxylic acids is 2. The Balaban J connectivity index is 1.68. The van der Waals surface area contributed by atoms with Crippen molar-refractivity contribution >= 4 is 23.3 Å². The van der Waals surface area contributed by atoms with Crippen LogP contribution in [0.15, 0.2) is 24.3 Å². The van der Waals surface area contributed by atoms with E-state index in [0.29, 0.717) is 13.1 Å². The van der Waals surface area contributed by atoms with Gasteiger partial charge in [0.15, 0.2) is 0 Å². The first kappa shape index (κ1) is 14.8. The summed E-state index contributed by atoms with van der Waals surface area (Å²) in [4.78, 5) is 25.8. The number of benzene rings is 1. The second kappa shape index (κ2) is 5.96. The molecule has 0 spiro atoms. The molecule has 0 saturated carbocycles. The van der Waals surface area contributed by atoms with Crippen molar-refractivity contribution in [3.8, 4) is 0 Å². The van der Waals surface area contributed by atoms with Crippen molar-refractivity contribution in [2.24, 2.45) is 0 Å². The van der Waals surface area contributed by atoms with Gasteiger partial charge in [0.2, 0.25) is 5.91 Å². The normalized spacial score (nSPS) is 24.4. The van der Waals surface area contributed by atoms with Gasteiger partial charge in [-0.25, -0.2) is 4.79 Å². The third-order valence-electron chi connectivity index (χ3n) is 4.58. The quantitative estimate of drug-likeness (QED) is 0.792. The van der Waals surface area contributed by atoms with Crippen LogP contribution in [-0.4, -0.2) is 37.1 Å². The fraction of sp³-hybridized carbons (Fsp3) is 0.500. The van der Waals surface area contributed by atoms with Gasteiger partial charge in [0.05, 0.1) is 5.54 Å². The van der Waals surface area contributed by atoms with Crippen LogP contribution in [0.4, 0.5) is 16.2 Å². The molecule has 3 N–H and O–H groups in total. The summed E-state index contributed by atoms with van der Waals surface area (Å²) in [6, 6.07) is 7.34. The van der Waals surface area contributed by atoms with Crippen LogP contribution >= 0.6 is 0 Å². The Morgan fingerprint density at radius 3 is 2.64 bits per heavy atom. The number of carbonyl (C=O) groups is 2. The maximum atomic E-state index is 12.5. The van der Waals surface area contributed by atoms with E-state index in [1.807, 2.05) is 31.2 Å². The first-order chi connectivity index (χ1) is 10.6. The Morgan fingerprint density at radius 1 is 1.32 bits per heavy atom. The molecule has 6 heteroatoms. The van der Waals surface area contributed by atoms with Gasteiger partial charge < -0.3 is 16.0 Å². The molecule has 0 aliphatic carbocycles. The summed E-state index contributed by atoms with van der Waals surface area (Å²) >= 11 is 0. The van der Waals surface area contributed by atoms with E-state index < -0.39 is 5.54 Å². The van der Waals surface area contributed by atoms with E-state index in [-0.39, 0.29) is 11.9 Å². The highest BCUT2D eigenvalue weighted by Gasteiger charge is 2.39. The number of anilines is 2. The molecular weight excluding hydrogens is 280 g/mol. The average molecular weight is 302 g/mol. The van der Waals surface area contributed by atoms with Crippen LogP contribution in [0.25, 0.3) is 0 Å². The lowest BCUT2D eigenvalue weighted by atomic mass is 9.93. The van der Waals surface area contributed by atoms with Gasteiger partial charge in [0.25, 0.3) is 0 Å². The van der Waals surface area contributed by atoms with E-state index in [9.17, 15) is 9.59 Å². The zero-order valence-electron chi connectivity index (χ0n) is 12.8. The van der Waals surface area contributed by atoms with Gasteiger partial charge in [-0.3, -0.25) is 9.69 Å². The number of nitrogens with one attached hydrogen (secondary N) is 3. The zero-order valence-corrected chi connectivity index (χ0v) is 12.8. The smallest absolute Gasteiger partial charge is 0.321 e. The molecule has 1 aromatic carbocycles. The number of hydrogen-bond donors (Lipinski definition) is 3. The first-order valence-corrected chi connectivity index (χ1v) is 7.86. The number of amides is 3. The fourth-order valence-electron chi connectivity index (χ4n) is 3.16. The highest BCUT2D eigenvalue weighted by Crippen LogP contribution is 2.26. The minimum absolute atomic E-state index is 0.0270. The van der Waals surface area contributed by atoms with Crippen molar-refractivity contribution in [1.29, 1.82) is 0 Å². The minimum Gasteiger partial charge on any atom is -0.336 e. The van der Waals surface area contributed by atoms with Crippen LogP contribution < -0.4 is 20.9 Å². The van der Waals surface area contributed by atoms with E-state index in [1.165, 1.54) is 0 Å². The highest BCUT2D eigenvalue weighted by atomic mass is 16.2. The van der Waals surface area contributed by atoms with E-state index in [2.05, 4.69) is 16.0 Å². The van der Waals surface area contributed by atoms with E-state index >= 15 is 0 Å². The van der Waals surface area contributed by atoms with Crippen LogP contribution in [0, 0.1) is 0 Å². The topological polar surface area (TPSA) is 73.5 Å². The van der Waals surface area contributed by atoms with Gasteiger partial charge >= 0.3 is 6.03 Å². The molecule has 2 aliphatic heterocycles. The molecule has 2 aliphatic rings. The van der Waals surface area contributed by atoms with Gasteiger partial charge in [-0.05, 0) is 50.1 Å². The Hall–Kier alpha value is -2.08. The molecule has 0 radical (unpaired) electrons. The van der Waals surface area contributed by atoms with Crippen LogP contribution in [0.3, 0.4) is 0 Å². The molecular formula is C16H22N4O2. The number of nitrogens with zero attached hydrogens (tertiary/aromatic N) is 1. The molecule has 0 aromatic heterocycles. The van der Waals surface area contributed by atoms with E-state index in [1.54, 1.807) is 4.90 Å². The zero-order chi connectivity index (χ0) is 15.6. The number of urea groups is 1. The van der Waals surface area contributed by atoms with Crippen molar-refractivity contribution < 1.29 is 9.59 Å². The molecule has 2 heterocycles. The molecule has 2 saturated heterocycles. The standard InChI is InChI=1S/C16H22N4O2/c1-2-16(8-3-9-18-16)14(21)19-12-4-6-13(7-5-12)20-11-10-17-15(20)22/h4-7,18H,2-3,8-11H2,1H3,(H,17,22)(H,19,21). The fourth-order valence-corrected chi connectivity index (χ4v) is 3.16. The predicted molar refractivity (Wildman–Crippen MR) is 86.1 cm³/mol. The molecule has 0 bridgehead atoms. The monoisotopic (exact) mass is 302 g/mol. The SMILES string of the molecule is CCC1(C(=O)Nc2ccc(N3CCNC3=O)cc2)CCCN1. The number of rotatable bonds is 4. The van der Waals surface area contributed by atoms with Gasteiger partial charge in [0, 0.05) is 24.5 Å². The molecule has 3 rings (SSSR count). The van der Waals surface area contributed by atoms with Gasteiger partial charge in [-0.15, -0.1) is 0 Å². The largest absolute Gasteiger partial charge is 0.336 e.